The molecule has 0 amide bonds. The Morgan fingerprint density at radius 2 is 0.514 bits per heavy atom. The molecule has 6 aromatic rings. The summed E-state index contributed by atoms with van der Waals surface area (Å²) < 4.78 is 0. The van der Waals surface area contributed by atoms with Crippen LogP contribution >= 0.6 is 0 Å². The van der Waals surface area contributed by atoms with Crippen LogP contribution in [0.3, 0.4) is 0 Å². The van der Waals surface area contributed by atoms with Gasteiger partial charge in [0.1, 0.15) is 0 Å². The Kier molecular flexibility index (Phi) is 11.6. The maximum absolute atomic E-state index is 4.25. The van der Waals surface area contributed by atoms with Gasteiger partial charge in [-0.25, -0.2) is 0 Å². The summed E-state index contributed by atoms with van der Waals surface area (Å²) in [4.78, 5) is 12.7. The molecule has 3 nitrogen and oxygen atoms in total. The van der Waals surface area contributed by atoms with Crippen molar-refractivity contribution in [1.29, 1.82) is 0 Å². The molecule has 0 spiro atoms. The van der Waals surface area contributed by atoms with Gasteiger partial charge < -0.3 is 0 Å². The summed E-state index contributed by atoms with van der Waals surface area (Å²) in [6, 6.07) is 48.3. The summed E-state index contributed by atoms with van der Waals surface area (Å²) in [5, 5.41) is 0. The zero-order valence-electron chi connectivity index (χ0n) is 20.3. The van der Waals surface area contributed by atoms with Crippen LogP contribution in [0.25, 0.3) is 33.8 Å². The van der Waals surface area contributed by atoms with E-state index >= 15 is 0 Å². The molecule has 0 unspecified atom stereocenters. The minimum Gasteiger partial charge on any atom is -0.256 e. The smallest absolute Gasteiger partial charge is 0.256 e. The molecule has 0 N–H and O–H groups in total. The van der Waals surface area contributed by atoms with Crippen molar-refractivity contribution < 1.29 is 19.8 Å². The quantitative estimate of drug-likeness (QED) is 0.193. The van der Waals surface area contributed by atoms with Crippen molar-refractivity contribution >= 4 is 0 Å². The molecule has 0 aliphatic rings. The van der Waals surface area contributed by atoms with Crippen LogP contribution in [0.15, 0.2) is 164 Å². The summed E-state index contributed by atoms with van der Waals surface area (Å²) in [5.41, 5.74) is 6.57. The minimum atomic E-state index is 0. The summed E-state index contributed by atoms with van der Waals surface area (Å²) in [6.45, 7) is 0. The van der Waals surface area contributed by atoms with Gasteiger partial charge in [0.05, 0.1) is 17.1 Å². The van der Waals surface area contributed by atoms with Crippen LogP contribution in [0, 0.1) is 0 Å². The second-order valence-corrected chi connectivity index (χ2v) is 7.74. The second-order valence-electron chi connectivity index (χ2n) is 7.74. The van der Waals surface area contributed by atoms with Crippen molar-refractivity contribution in [2.24, 2.45) is 0 Å². The third kappa shape index (κ3) is 9.04. The molecular formula is C33H27N3Os+2. The molecule has 3 aromatic carbocycles. The number of hydrogen-bond acceptors (Lipinski definition) is 3. The fraction of sp³-hybridized carbons (Fsp3) is 0. The zero-order valence-corrected chi connectivity index (χ0v) is 22.8. The van der Waals surface area contributed by atoms with Crippen LogP contribution in [-0.4, -0.2) is 15.0 Å². The molecule has 0 bridgehead atoms. The molecule has 0 aliphatic heterocycles. The first-order chi connectivity index (χ1) is 17.9. The van der Waals surface area contributed by atoms with Crippen LogP contribution in [0.5, 0.6) is 0 Å². The number of aromatic nitrogens is 3. The van der Waals surface area contributed by atoms with E-state index in [4.69, 9.17) is 0 Å². The maximum Gasteiger partial charge on any atom is 2.00 e. The maximum atomic E-state index is 4.25. The molecule has 180 valence electrons. The summed E-state index contributed by atoms with van der Waals surface area (Å²) in [7, 11) is 0. The molecule has 37 heavy (non-hydrogen) atoms. The average molecular weight is 656 g/mol. The van der Waals surface area contributed by atoms with Crippen molar-refractivity contribution in [3.8, 4) is 33.8 Å². The topological polar surface area (TPSA) is 38.7 Å². The summed E-state index contributed by atoms with van der Waals surface area (Å²) >= 11 is 0. The van der Waals surface area contributed by atoms with Gasteiger partial charge in [0.2, 0.25) is 0 Å². The molecule has 6 rings (SSSR count). The number of benzene rings is 3. The van der Waals surface area contributed by atoms with Gasteiger partial charge in [-0.3, -0.25) is 15.0 Å². The van der Waals surface area contributed by atoms with E-state index < -0.39 is 0 Å². The van der Waals surface area contributed by atoms with E-state index in [1.54, 1.807) is 0 Å². The number of rotatable bonds is 3. The molecule has 0 atom stereocenters. The molecule has 0 saturated heterocycles. The molecule has 0 saturated carbocycles. The van der Waals surface area contributed by atoms with Gasteiger partial charge in [-0.05, 0) is 36.4 Å². The monoisotopic (exact) mass is 657 g/mol. The average Bonchev–Trinajstić information content (AvgIpc) is 3.01. The first kappa shape index (κ1) is 27.3. The summed E-state index contributed by atoms with van der Waals surface area (Å²) in [6.07, 6.45) is 5.42. The van der Waals surface area contributed by atoms with Gasteiger partial charge in [-0.15, -0.1) is 0 Å². The Bertz CT molecular complexity index is 1090. The van der Waals surface area contributed by atoms with Crippen LogP contribution in [-0.2, 0) is 19.8 Å². The summed E-state index contributed by atoms with van der Waals surface area (Å²) in [5.74, 6) is 0. The Hall–Kier alpha value is -4.25. The second kappa shape index (κ2) is 15.7. The first-order valence-corrected chi connectivity index (χ1v) is 11.8. The van der Waals surface area contributed by atoms with Crippen molar-refractivity contribution in [2.75, 3.05) is 0 Å². The standard InChI is InChI=1S/3C11H9N.Os/c3*1-2-6-10(7-3-1)11-8-4-5-9-12-11;/h3*1-9H;/q;;;+2. The fourth-order valence-electron chi connectivity index (χ4n) is 3.43. The van der Waals surface area contributed by atoms with E-state index in [1.807, 2.05) is 128 Å². The number of pyridine rings is 3. The minimum absolute atomic E-state index is 0. The van der Waals surface area contributed by atoms with Gasteiger partial charge in [0.25, 0.3) is 0 Å². The Morgan fingerprint density at radius 1 is 0.270 bits per heavy atom. The van der Waals surface area contributed by atoms with Crippen molar-refractivity contribution in [1.82, 2.24) is 15.0 Å². The number of hydrogen-bond donors (Lipinski definition) is 0. The molecule has 0 radical (unpaired) electrons. The molecule has 3 heterocycles. The molecule has 0 aliphatic carbocycles. The third-order valence-corrected chi connectivity index (χ3v) is 5.20. The fourth-order valence-corrected chi connectivity index (χ4v) is 3.43. The molecule has 3 aromatic heterocycles. The van der Waals surface area contributed by atoms with E-state index in [0.29, 0.717) is 0 Å². The molecule has 0 fully saturated rings. The van der Waals surface area contributed by atoms with Crippen molar-refractivity contribution in [2.45, 2.75) is 0 Å². The predicted molar refractivity (Wildman–Crippen MR) is 149 cm³/mol. The van der Waals surface area contributed by atoms with Crippen LogP contribution in [0.1, 0.15) is 0 Å². The largest absolute Gasteiger partial charge is 2.00 e. The van der Waals surface area contributed by atoms with Gasteiger partial charge in [-0.1, -0.05) is 109 Å². The van der Waals surface area contributed by atoms with Gasteiger partial charge in [-0.2, -0.15) is 0 Å². The van der Waals surface area contributed by atoms with Gasteiger partial charge in [0, 0.05) is 35.3 Å². The Labute approximate surface area is 232 Å². The third-order valence-electron chi connectivity index (χ3n) is 5.20. The normalized spacial score (nSPS) is 9.41. The predicted octanol–water partition coefficient (Wildman–Crippen LogP) is 8.24. The Morgan fingerprint density at radius 3 is 0.730 bits per heavy atom. The molecular weight excluding hydrogens is 629 g/mol. The van der Waals surface area contributed by atoms with E-state index in [0.717, 1.165) is 33.8 Å². The van der Waals surface area contributed by atoms with Crippen molar-refractivity contribution in [3.63, 3.8) is 0 Å². The van der Waals surface area contributed by atoms with Crippen LogP contribution in [0.2, 0.25) is 0 Å². The van der Waals surface area contributed by atoms with E-state index in [2.05, 4.69) is 51.4 Å². The zero-order chi connectivity index (χ0) is 24.7. The molecule has 4 heteroatoms. The van der Waals surface area contributed by atoms with E-state index in [1.165, 1.54) is 0 Å². The van der Waals surface area contributed by atoms with Gasteiger partial charge in [0.15, 0.2) is 0 Å². The van der Waals surface area contributed by atoms with E-state index in [-0.39, 0.29) is 19.8 Å². The Balaban J connectivity index is 0.000000152. The number of nitrogens with zero attached hydrogens (tertiary/aromatic N) is 3. The first-order valence-electron chi connectivity index (χ1n) is 11.8. The SMILES string of the molecule is [Os+2].c1ccc(-c2ccccn2)cc1.c1ccc(-c2ccccn2)cc1.c1ccc(-c2ccccn2)cc1. The van der Waals surface area contributed by atoms with Gasteiger partial charge >= 0.3 is 19.8 Å². The van der Waals surface area contributed by atoms with Crippen molar-refractivity contribution in [3.05, 3.63) is 164 Å². The van der Waals surface area contributed by atoms with Crippen LogP contribution in [0.4, 0.5) is 0 Å². The van der Waals surface area contributed by atoms with E-state index in [9.17, 15) is 0 Å². The van der Waals surface area contributed by atoms with Crippen LogP contribution < -0.4 is 0 Å².